The fraction of sp³-hybridized carbons (Fsp3) is 0.316. The first-order chi connectivity index (χ1) is 14.0. The van der Waals surface area contributed by atoms with Crippen LogP contribution in [0.4, 0.5) is 0 Å². The first-order valence-electron chi connectivity index (χ1n) is 8.96. The van der Waals surface area contributed by atoms with E-state index in [-0.39, 0.29) is 30.7 Å². The van der Waals surface area contributed by atoms with Gasteiger partial charge in [-0.3, -0.25) is 9.59 Å². The highest BCUT2D eigenvalue weighted by Crippen LogP contribution is 2.22. The molecule has 0 radical (unpaired) electrons. The number of benzene rings is 1. The lowest BCUT2D eigenvalue weighted by molar-refractivity contribution is -0.132. The Bertz CT molecular complexity index is 986. The summed E-state index contributed by atoms with van der Waals surface area (Å²) in [6.07, 6.45) is 1.54. The van der Waals surface area contributed by atoms with Gasteiger partial charge in [0.05, 0.1) is 30.8 Å². The van der Waals surface area contributed by atoms with E-state index in [0.29, 0.717) is 10.9 Å². The Morgan fingerprint density at radius 2 is 2.07 bits per heavy atom. The SMILES string of the molecule is Cc1cccc(-n2nnnc2SCC(=O)N(C)CC(=O)NCc2ccco2)c1C. The minimum absolute atomic E-state index is 0.0397. The Balaban J connectivity index is 1.53. The Morgan fingerprint density at radius 1 is 1.24 bits per heavy atom. The second kappa shape index (κ2) is 9.37. The number of nitrogens with zero attached hydrogens (tertiary/aromatic N) is 5. The number of nitrogens with one attached hydrogen (secondary N) is 1. The molecule has 152 valence electrons. The highest BCUT2D eigenvalue weighted by molar-refractivity contribution is 7.99. The standard InChI is InChI=1S/C19H22N6O3S/c1-13-6-4-8-16(14(13)2)25-19(21-22-23-25)29-12-18(27)24(3)11-17(26)20-10-15-7-5-9-28-15/h4-9H,10-12H2,1-3H3,(H,20,26). The summed E-state index contributed by atoms with van der Waals surface area (Å²) in [7, 11) is 1.59. The molecular formula is C19H22N6O3S. The molecule has 1 aromatic carbocycles. The summed E-state index contributed by atoms with van der Waals surface area (Å²) in [5.41, 5.74) is 3.07. The molecule has 0 aliphatic carbocycles. The monoisotopic (exact) mass is 414 g/mol. The van der Waals surface area contributed by atoms with Gasteiger partial charge in [0.2, 0.25) is 17.0 Å². The molecule has 3 rings (SSSR count). The topological polar surface area (TPSA) is 106 Å². The molecule has 2 heterocycles. The number of carbonyl (C=O) groups is 2. The van der Waals surface area contributed by atoms with E-state index in [1.165, 1.54) is 16.7 Å². The molecule has 0 bridgehead atoms. The van der Waals surface area contributed by atoms with Gasteiger partial charge in [-0.25, -0.2) is 0 Å². The van der Waals surface area contributed by atoms with Gasteiger partial charge >= 0.3 is 0 Å². The number of carbonyl (C=O) groups excluding carboxylic acids is 2. The number of amides is 2. The maximum absolute atomic E-state index is 12.4. The predicted molar refractivity (Wildman–Crippen MR) is 108 cm³/mol. The maximum atomic E-state index is 12.4. The average Bonchev–Trinajstić information content (AvgIpc) is 3.38. The number of rotatable bonds is 8. The zero-order chi connectivity index (χ0) is 20.8. The molecule has 9 nitrogen and oxygen atoms in total. The lowest BCUT2D eigenvalue weighted by atomic mass is 10.1. The predicted octanol–water partition coefficient (Wildman–Crippen LogP) is 1.74. The average molecular weight is 414 g/mol. The van der Waals surface area contributed by atoms with Gasteiger partial charge < -0.3 is 14.6 Å². The summed E-state index contributed by atoms with van der Waals surface area (Å²) in [5.74, 6) is 0.315. The molecule has 10 heteroatoms. The summed E-state index contributed by atoms with van der Waals surface area (Å²) in [6.45, 7) is 4.27. The van der Waals surface area contributed by atoms with Crippen LogP contribution >= 0.6 is 11.8 Å². The Labute approximate surface area is 172 Å². The van der Waals surface area contributed by atoms with Crippen LogP contribution in [-0.4, -0.2) is 56.3 Å². The molecule has 0 fully saturated rings. The largest absolute Gasteiger partial charge is 0.467 e. The van der Waals surface area contributed by atoms with Crippen molar-refractivity contribution in [3.63, 3.8) is 0 Å². The molecular weight excluding hydrogens is 392 g/mol. The van der Waals surface area contributed by atoms with E-state index in [1.807, 2.05) is 32.0 Å². The fourth-order valence-electron chi connectivity index (χ4n) is 2.58. The van der Waals surface area contributed by atoms with Gasteiger partial charge in [0.25, 0.3) is 0 Å². The van der Waals surface area contributed by atoms with Crippen LogP contribution < -0.4 is 5.32 Å². The highest BCUT2D eigenvalue weighted by atomic mass is 32.2. The third kappa shape index (κ3) is 5.23. The number of hydrogen-bond donors (Lipinski definition) is 1. The number of tetrazole rings is 1. The van der Waals surface area contributed by atoms with Gasteiger partial charge in [-0.2, -0.15) is 4.68 Å². The molecule has 1 N–H and O–H groups in total. The van der Waals surface area contributed by atoms with Crippen LogP contribution in [0.5, 0.6) is 0 Å². The van der Waals surface area contributed by atoms with Gasteiger partial charge in [0, 0.05) is 7.05 Å². The number of likely N-dealkylation sites (N-methyl/N-ethyl adjacent to an activating group) is 1. The second-order valence-corrected chi connectivity index (χ2v) is 7.43. The molecule has 0 aliphatic rings. The van der Waals surface area contributed by atoms with Crippen molar-refractivity contribution in [1.82, 2.24) is 30.4 Å². The molecule has 2 aromatic heterocycles. The number of furan rings is 1. The smallest absolute Gasteiger partial charge is 0.239 e. The lowest BCUT2D eigenvalue weighted by Crippen LogP contribution is -2.38. The molecule has 0 saturated heterocycles. The van der Waals surface area contributed by atoms with Crippen LogP contribution in [0.3, 0.4) is 0 Å². The van der Waals surface area contributed by atoms with E-state index in [9.17, 15) is 9.59 Å². The van der Waals surface area contributed by atoms with Crippen LogP contribution in [0, 0.1) is 13.8 Å². The molecule has 0 atom stereocenters. The molecule has 2 amide bonds. The third-order valence-electron chi connectivity index (χ3n) is 4.42. The van der Waals surface area contributed by atoms with E-state index in [0.717, 1.165) is 16.8 Å². The summed E-state index contributed by atoms with van der Waals surface area (Å²) in [4.78, 5) is 25.8. The Kier molecular flexibility index (Phi) is 6.65. The summed E-state index contributed by atoms with van der Waals surface area (Å²) >= 11 is 1.23. The quantitative estimate of drug-likeness (QED) is 0.560. The third-order valence-corrected chi connectivity index (χ3v) is 5.32. The van der Waals surface area contributed by atoms with E-state index in [4.69, 9.17) is 4.42 Å². The maximum Gasteiger partial charge on any atom is 0.239 e. The molecule has 0 saturated carbocycles. The molecule has 0 spiro atoms. The number of hydrogen-bond acceptors (Lipinski definition) is 7. The van der Waals surface area contributed by atoms with E-state index in [1.54, 1.807) is 30.1 Å². The van der Waals surface area contributed by atoms with Crippen LogP contribution in [-0.2, 0) is 16.1 Å². The van der Waals surface area contributed by atoms with Gasteiger partial charge in [0.15, 0.2) is 0 Å². The van der Waals surface area contributed by atoms with Crippen molar-refractivity contribution in [3.8, 4) is 5.69 Å². The zero-order valence-corrected chi connectivity index (χ0v) is 17.3. The first kappa shape index (κ1) is 20.6. The Morgan fingerprint density at radius 3 is 2.83 bits per heavy atom. The number of aromatic nitrogens is 4. The van der Waals surface area contributed by atoms with Crippen molar-refractivity contribution in [2.75, 3.05) is 19.3 Å². The fourth-order valence-corrected chi connectivity index (χ4v) is 3.40. The van der Waals surface area contributed by atoms with Crippen molar-refractivity contribution < 1.29 is 14.0 Å². The highest BCUT2D eigenvalue weighted by Gasteiger charge is 2.17. The van der Waals surface area contributed by atoms with Crippen molar-refractivity contribution in [1.29, 1.82) is 0 Å². The Hall–Kier alpha value is -3.14. The molecule has 3 aromatic rings. The first-order valence-corrected chi connectivity index (χ1v) is 9.95. The second-order valence-electron chi connectivity index (χ2n) is 6.49. The summed E-state index contributed by atoms with van der Waals surface area (Å²) < 4.78 is 6.78. The van der Waals surface area contributed by atoms with E-state index in [2.05, 4.69) is 20.8 Å². The minimum atomic E-state index is -0.262. The van der Waals surface area contributed by atoms with E-state index < -0.39 is 0 Å². The van der Waals surface area contributed by atoms with Crippen LogP contribution in [0.2, 0.25) is 0 Å². The van der Waals surface area contributed by atoms with Crippen molar-refractivity contribution in [2.24, 2.45) is 0 Å². The molecule has 0 aliphatic heterocycles. The van der Waals surface area contributed by atoms with Crippen molar-refractivity contribution in [3.05, 3.63) is 53.5 Å². The number of thioether (sulfide) groups is 1. The van der Waals surface area contributed by atoms with Crippen LogP contribution in [0.15, 0.2) is 46.2 Å². The van der Waals surface area contributed by atoms with Crippen LogP contribution in [0.25, 0.3) is 5.69 Å². The summed E-state index contributed by atoms with van der Waals surface area (Å²) in [5, 5.41) is 15.0. The van der Waals surface area contributed by atoms with Gasteiger partial charge in [-0.15, -0.1) is 5.10 Å². The van der Waals surface area contributed by atoms with Crippen molar-refractivity contribution >= 4 is 23.6 Å². The minimum Gasteiger partial charge on any atom is -0.467 e. The normalized spacial score (nSPS) is 10.7. The van der Waals surface area contributed by atoms with Gasteiger partial charge in [0.1, 0.15) is 5.76 Å². The van der Waals surface area contributed by atoms with Crippen molar-refractivity contribution in [2.45, 2.75) is 25.5 Å². The molecule has 29 heavy (non-hydrogen) atoms. The van der Waals surface area contributed by atoms with Gasteiger partial charge in [-0.05, 0) is 53.6 Å². The van der Waals surface area contributed by atoms with Gasteiger partial charge in [-0.1, -0.05) is 23.9 Å². The zero-order valence-electron chi connectivity index (χ0n) is 16.5. The molecule has 0 unspecified atom stereocenters. The van der Waals surface area contributed by atoms with Crippen LogP contribution in [0.1, 0.15) is 16.9 Å². The summed E-state index contributed by atoms with van der Waals surface area (Å²) in [6, 6.07) is 9.41. The van der Waals surface area contributed by atoms with E-state index >= 15 is 0 Å². The lowest BCUT2D eigenvalue weighted by Gasteiger charge is -2.16. The number of aryl methyl sites for hydroxylation is 1.